The van der Waals surface area contributed by atoms with Gasteiger partial charge in [0, 0.05) is 12.7 Å². The van der Waals surface area contributed by atoms with Gasteiger partial charge in [-0.2, -0.15) is 0 Å². The lowest BCUT2D eigenvalue weighted by molar-refractivity contribution is -0.274. The molecule has 10 heteroatoms. The third-order valence-corrected chi connectivity index (χ3v) is 3.76. The van der Waals surface area contributed by atoms with E-state index in [1.807, 2.05) is 0 Å². The lowest BCUT2D eigenvalue weighted by atomic mass is 10.3. The van der Waals surface area contributed by atoms with Crippen molar-refractivity contribution >= 4 is 33.3 Å². The Morgan fingerprint density at radius 1 is 1.33 bits per heavy atom. The maximum Gasteiger partial charge on any atom is 0.573 e. The van der Waals surface area contributed by atoms with Crippen LogP contribution in [0, 0.1) is 0 Å². The van der Waals surface area contributed by atoms with Gasteiger partial charge < -0.3 is 20.1 Å². The fourth-order valence-corrected chi connectivity index (χ4v) is 2.56. The Kier molecular flexibility index (Phi) is 4.98. The maximum absolute atomic E-state index is 11.6. The molecule has 2 aromatic heterocycles. The predicted octanol–water partition coefficient (Wildman–Crippen LogP) is 3.50. The number of carboxylic acids is 1. The van der Waals surface area contributed by atoms with Gasteiger partial charge in [-0.25, -0.2) is 9.78 Å². The number of nitrogens with two attached hydrogens (primary N) is 1. The Morgan fingerprint density at radius 3 is 2.46 bits per heavy atom. The number of hydrogen-bond donors (Lipinski definition) is 2. The lowest BCUT2D eigenvalue weighted by Crippen LogP contribution is -2.16. The molecule has 0 aliphatic heterocycles. The molecule has 0 radical (unpaired) electrons. The first-order chi connectivity index (χ1) is 11.2. The summed E-state index contributed by atoms with van der Waals surface area (Å²) in [6, 6.07) is 6.56. The summed E-state index contributed by atoms with van der Waals surface area (Å²) in [5.41, 5.74) is 8.38. The number of rotatable bonds is 2. The first-order valence-corrected chi connectivity index (χ1v) is 7.29. The van der Waals surface area contributed by atoms with Crippen molar-refractivity contribution in [1.82, 2.24) is 9.55 Å². The molecule has 3 aromatic rings. The summed E-state index contributed by atoms with van der Waals surface area (Å²) in [6.45, 7) is 0. The van der Waals surface area contributed by atoms with E-state index in [4.69, 9.17) is 10.8 Å². The van der Waals surface area contributed by atoms with Gasteiger partial charge in [0.2, 0.25) is 0 Å². The molecule has 0 bridgehead atoms. The Bertz CT molecular complexity index is 840. The summed E-state index contributed by atoms with van der Waals surface area (Å²) < 4.78 is 40.0. The van der Waals surface area contributed by atoms with Gasteiger partial charge in [-0.05, 0) is 30.3 Å². The molecule has 0 unspecified atom stereocenters. The second-order valence-corrected chi connectivity index (χ2v) is 5.39. The van der Waals surface area contributed by atoms with Gasteiger partial charge in [-0.3, -0.25) is 0 Å². The van der Waals surface area contributed by atoms with Crippen molar-refractivity contribution in [1.29, 1.82) is 0 Å². The molecular weight excluding hydrogens is 347 g/mol. The molecule has 128 valence electrons. The average Bonchev–Trinajstić information content (AvgIpc) is 3.04. The van der Waals surface area contributed by atoms with Gasteiger partial charge in [0.25, 0.3) is 0 Å². The minimum absolute atomic E-state index is 0.267. The molecule has 6 nitrogen and oxygen atoms in total. The molecule has 1 aromatic carbocycles. The Morgan fingerprint density at radius 2 is 1.96 bits per heavy atom. The molecule has 0 aliphatic rings. The number of halogens is 3. The van der Waals surface area contributed by atoms with Crippen molar-refractivity contribution in [2.45, 2.75) is 6.36 Å². The second kappa shape index (κ2) is 6.79. The van der Waals surface area contributed by atoms with Gasteiger partial charge in [0.05, 0.1) is 5.51 Å². The van der Waals surface area contributed by atoms with Gasteiger partial charge in [0.1, 0.15) is 21.8 Å². The molecule has 0 saturated carbocycles. The minimum Gasteiger partial charge on any atom is -0.477 e. The van der Waals surface area contributed by atoms with Crippen molar-refractivity contribution in [3.8, 4) is 5.75 Å². The number of carbonyl (C=O) groups is 1. The highest BCUT2D eigenvalue weighted by atomic mass is 32.1. The first-order valence-electron chi connectivity index (χ1n) is 6.41. The van der Waals surface area contributed by atoms with E-state index >= 15 is 0 Å². The molecule has 0 saturated heterocycles. The van der Waals surface area contributed by atoms with Crippen LogP contribution in [0.3, 0.4) is 0 Å². The Hall–Kier alpha value is -2.75. The van der Waals surface area contributed by atoms with E-state index in [0.29, 0.717) is 5.69 Å². The van der Waals surface area contributed by atoms with Crippen LogP contribution in [0.5, 0.6) is 5.75 Å². The van der Waals surface area contributed by atoms with Crippen LogP contribution in [-0.4, -0.2) is 27.0 Å². The number of benzene rings is 1. The summed E-state index contributed by atoms with van der Waals surface area (Å²) in [6.07, 6.45) is -4.64. The molecule has 3 rings (SSSR count). The zero-order chi connectivity index (χ0) is 17.9. The number of aromatic carboxylic acids is 1. The summed E-state index contributed by atoms with van der Waals surface area (Å²) in [5, 5.41) is 8.74. The average molecular weight is 359 g/mol. The van der Waals surface area contributed by atoms with Gasteiger partial charge in [0.15, 0.2) is 0 Å². The molecule has 0 fully saturated rings. The molecule has 3 N–H and O–H groups in total. The predicted molar refractivity (Wildman–Crippen MR) is 83.1 cm³/mol. The lowest BCUT2D eigenvalue weighted by Gasteiger charge is -2.07. The first kappa shape index (κ1) is 17.6. The van der Waals surface area contributed by atoms with Crippen LogP contribution in [0.1, 0.15) is 10.5 Å². The normalized spacial score (nSPS) is 11.0. The van der Waals surface area contributed by atoms with E-state index < -0.39 is 12.3 Å². The molecule has 0 atom stereocenters. The fourth-order valence-electron chi connectivity index (χ4n) is 1.81. The smallest absolute Gasteiger partial charge is 0.477 e. The van der Waals surface area contributed by atoms with E-state index in [2.05, 4.69) is 9.72 Å². The van der Waals surface area contributed by atoms with E-state index in [9.17, 15) is 18.0 Å². The van der Waals surface area contributed by atoms with Crippen LogP contribution >= 0.6 is 11.3 Å². The van der Waals surface area contributed by atoms with Crippen LogP contribution < -0.4 is 10.5 Å². The number of nitrogen functional groups attached to an aromatic ring is 1. The summed E-state index contributed by atoms with van der Waals surface area (Å²) in [7, 11) is 1.73. The van der Waals surface area contributed by atoms with Crippen molar-refractivity contribution in [2.24, 2.45) is 7.05 Å². The standard InChI is InChI=1S/C7H6F3NO.C7H6N2O2S/c8-7(9,10)12-6-3-1-5(11)2-4-6;1-9-5(7(10)11)2-4-6(9)12-3-8-4/h1-4H,11H2;2-3H,1H3,(H,10,11). The van der Waals surface area contributed by atoms with Crippen molar-refractivity contribution in [3.05, 3.63) is 41.5 Å². The molecule has 0 spiro atoms. The third-order valence-electron chi connectivity index (χ3n) is 2.85. The zero-order valence-corrected chi connectivity index (χ0v) is 13.1. The molecule has 24 heavy (non-hydrogen) atoms. The number of hydrogen-bond acceptors (Lipinski definition) is 5. The number of thiazole rings is 1. The Labute approximate surface area is 137 Å². The van der Waals surface area contributed by atoms with Crippen LogP contribution in [0.15, 0.2) is 35.8 Å². The highest BCUT2D eigenvalue weighted by molar-refractivity contribution is 7.16. The van der Waals surface area contributed by atoms with Crippen LogP contribution in [-0.2, 0) is 7.05 Å². The number of ether oxygens (including phenoxy) is 1. The van der Waals surface area contributed by atoms with Crippen LogP contribution in [0.2, 0.25) is 0 Å². The Balaban J connectivity index is 0.000000174. The minimum atomic E-state index is -4.64. The van der Waals surface area contributed by atoms with Crippen molar-refractivity contribution < 1.29 is 27.8 Å². The highest BCUT2D eigenvalue weighted by Crippen LogP contribution is 2.23. The summed E-state index contributed by atoms with van der Waals surface area (Å²) >= 11 is 1.44. The van der Waals surface area contributed by atoms with Gasteiger partial charge >= 0.3 is 12.3 Å². The maximum atomic E-state index is 11.6. The van der Waals surface area contributed by atoms with Gasteiger partial charge in [-0.1, -0.05) is 0 Å². The molecular formula is C14H12F3N3O3S. The number of anilines is 1. The topological polar surface area (TPSA) is 90.4 Å². The molecule has 2 heterocycles. The van der Waals surface area contributed by atoms with E-state index in [0.717, 1.165) is 22.5 Å². The van der Waals surface area contributed by atoms with E-state index in [-0.39, 0.29) is 11.4 Å². The van der Waals surface area contributed by atoms with Crippen LogP contribution in [0.4, 0.5) is 18.9 Å². The summed E-state index contributed by atoms with van der Waals surface area (Å²) in [5.74, 6) is -1.18. The van der Waals surface area contributed by atoms with Gasteiger partial charge in [-0.15, -0.1) is 24.5 Å². The largest absolute Gasteiger partial charge is 0.573 e. The highest BCUT2D eigenvalue weighted by Gasteiger charge is 2.30. The zero-order valence-electron chi connectivity index (χ0n) is 12.2. The van der Waals surface area contributed by atoms with Crippen molar-refractivity contribution in [2.75, 3.05) is 5.73 Å². The second-order valence-electron chi connectivity index (χ2n) is 4.55. The number of carboxylic acid groups (broad SMARTS) is 1. The third kappa shape index (κ3) is 4.38. The fraction of sp³-hybridized carbons (Fsp3) is 0.143. The summed E-state index contributed by atoms with van der Waals surface area (Å²) in [4.78, 5) is 15.6. The number of alkyl halides is 3. The van der Waals surface area contributed by atoms with E-state index in [1.54, 1.807) is 23.2 Å². The SMILES string of the molecule is Cn1c(C(=O)O)cc2ncsc21.Nc1ccc(OC(F)(F)F)cc1. The number of nitrogens with zero attached hydrogens (tertiary/aromatic N) is 2. The molecule has 0 aliphatic carbocycles. The molecule has 0 amide bonds. The number of aromatic nitrogens is 2. The van der Waals surface area contributed by atoms with Crippen molar-refractivity contribution in [3.63, 3.8) is 0 Å². The number of fused-ring (bicyclic) bond motifs is 1. The number of aryl methyl sites for hydroxylation is 1. The monoisotopic (exact) mass is 359 g/mol. The van der Waals surface area contributed by atoms with E-state index in [1.165, 1.54) is 23.5 Å². The van der Waals surface area contributed by atoms with Crippen LogP contribution in [0.25, 0.3) is 10.3 Å². The quantitative estimate of drug-likeness (QED) is 0.684.